The molecule has 1 aromatic rings. The van der Waals surface area contributed by atoms with Crippen LogP contribution in [0.4, 0.5) is 4.79 Å². The quantitative estimate of drug-likeness (QED) is 0.805. The standard InChI is InChI=1S/C12H20N4O3/c1-4-16(7-9(2)11(17)18)12(19)15(3)8-10-5-13-14-6-10/h5-6,9H,4,7-8H2,1-3H3,(H,13,14)(H,17,18). The van der Waals surface area contributed by atoms with Gasteiger partial charge in [0.05, 0.1) is 18.7 Å². The van der Waals surface area contributed by atoms with Crippen LogP contribution < -0.4 is 0 Å². The molecule has 19 heavy (non-hydrogen) atoms. The second-order valence-electron chi connectivity index (χ2n) is 4.52. The molecule has 7 nitrogen and oxygen atoms in total. The number of carbonyl (C=O) groups is 2. The molecule has 0 saturated carbocycles. The number of aromatic nitrogens is 2. The van der Waals surface area contributed by atoms with Gasteiger partial charge in [-0.1, -0.05) is 6.92 Å². The maximum absolute atomic E-state index is 12.2. The molecule has 0 aromatic carbocycles. The maximum Gasteiger partial charge on any atom is 0.320 e. The van der Waals surface area contributed by atoms with Gasteiger partial charge in [0.25, 0.3) is 0 Å². The number of aromatic amines is 1. The number of aliphatic carboxylic acids is 1. The first-order chi connectivity index (χ1) is 8.95. The molecule has 0 spiro atoms. The summed E-state index contributed by atoms with van der Waals surface area (Å²) in [6.07, 6.45) is 3.37. The highest BCUT2D eigenvalue weighted by Crippen LogP contribution is 2.07. The lowest BCUT2D eigenvalue weighted by molar-refractivity contribution is -0.141. The summed E-state index contributed by atoms with van der Waals surface area (Å²) in [5.41, 5.74) is 0.901. The van der Waals surface area contributed by atoms with Crippen LogP contribution in [0.3, 0.4) is 0 Å². The van der Waals surface area contributed by atoms with Gasteiger partial charge in [-0.25, -0.2) is 4.79 Å². The fourth-order valence-corrected chi connectivity index (χ4v) is 1.70. The molecule has 0 aliphatic heterocycles. The smallest absolute Gasteiger partial charge is 0.320 e. The predicted octanol–water partition coefficient (Wildman–Crippen LogP) is 1.00. The van der Waals surface area contributed by atoms with Crippen LogP contribution in [0.15, 0.2) is 12.4 Å². The van der Waals surface area contributed by atoms with Crippen LogP contribution >= 0.6 is 0 Å². The Bertz CT molecular complexity index is 419. The fraction of sp³-hybridized carbons (Fsp3) is 0.583. The molecule has 0 fully saturated rings. The molecule has 7 heteroatoms. The summed E-state index contributed by atoms with van der Waals surface area (Å²) in [6, 6.07) is -0.184. The number of carboxylic acids is 1. The van der Waals surface area contributed by atoms with Gasteiger partial charge >= 0.3 is 12.0 Å². The molecular weight excluding hydrogens is 248 g/mol. The minimum Gasteiger partial charge on any atom is -0.481 e. The molecule has 1 atom stereocenters. The largest absolute Gasteiger partial charge is 0.481 e. The molecule has 0 aliphatic rings. The van der Waals surface area contributed by atoms with Crippen LogP contribution in [0.25, 0.3) is 0 Å². The molecule has 0 saturated heterocycles. The Labute approximate surface area is 112 Å². The molecule has 1 aromatic heterocycles. The molecule has 1 rings (SSSR count). The number of nitrogens with zero attached hydrogens (tertiary/aromatic N) is 3. The van der Waals surface area contributed by atoms with Crippen LogP contribution in [-0.4, -0.2) is 57.2 Å². The van der Waals surface area contributed by atoms with E-state index in [9.17, 15) is 9.59 Å². The van der Waals surface area contributed by atoms with E-state index in [0.29, 0.717) is 13.1 Å². The van der Waals surface area contributed by atoms with E-state index in [0.717, 1.165) is 5.56 Å². The Hall–Kier alpha value is -2.05. The highest BCUT2D eigenvalue weighted by atomic mass is 16.4. The number of amides is 2. The predicted molar refractivity (Wildman–Crippen MR) is 69.5 cm³/mol. The molecule has 106 valence electrons. The van der Waals surface area contributed by atoms with Crippen molar-refractivity contribution in [3.8, 4) is 0 Å². The third-order valence-corrected chi connectivity index (χ3v) is 2.87. The molecule has 2 N–H and O–H groups in total. The molecule has 0 radical (unpaired) electrons. The van der Waals surface area contributed by atoms with Crippen molar-refractivity contribution in [3.63, 3.8) is 0 Å². The number of carboxylic acid groups (broad SMARTS) is 1. The Morgan fingerprint density at radius 3 is 2.68 bits per heavy atom. The van der Waals surface area contributed by atoms with Crippen LogP contribution in [-0.2, 0) is 11.3 Å². The fourth-order valence-electron chi connectivity index (χ4n) is 1.70. The summed E-state index contributed by atoms with van der Waals surface area (Å²) in [5.74, 6) is -1.48. The molecule has 0 bridgehead atoms. The zero-order valence-electron chi connectivity index (χ0n) is 11.5. The number of rotatable bonds is 6. The summed E-state index contributed by atoms with van der Waals surface area (Å²) in [4.78, 5) is 26.1. The van der Waals surface area contributed by atoms with E-state index in [-0.39, 0.29) is 12.6 Å². The Kier molecular flexibility index (Phi) is 5.35. The first kappa shape index (κ1) is 15.0. The normalized spacial score (nSPS) is 11.9. The lowest BCUT2D eigenvalue weighted by Crippen LogP contribution is -2.43. The van der Waals surface area contributed by atoms with Gasteiger partial charge in [0.15, 0.2) is 0 Å². The van der Waals surface area contributed by atoms with E-state index in [4.69, 9.17) is 5.11 Å². The Morgan fingerprint density at radius 2 is 2.21 bits per heavy atom. The molecule has 2 amide bonds. The van der Waals surface area contributed by atoms with Gasteiger partial charge in [-0.3, -0.25) is 9.89 Å². The number of carbonyl (C=O) groups excluding carboxylic acids is 1. The average molecular weight is 268 g/mol. The SMILES string of the molecule is CCN(CC(C)C(=O)O)C(=O)N(C)Cc1cn[nH]c1. The van der Waals surface area contributed by atoms with Crippen LogP contribution in [0.5, 0.6) is 0 Å². The van der Waals surface area contributed by atoms with Crippen molar-refractivity contribution in [1.82, 2.24) is 20.0 Å². The molecule has 0 aliphatic carbocycles. The third kappa shape index (κ3) is 4.27. The highest BCUT2D eigenvalue weighted by Gasteiger charge is 2.21. The van der Waals surface area contributed by atoms with Gasteiger partial charge in [-0.2, -0.15) is 5.10 Å². The highest BCUT2D eigenvalue weighted by molar-refractivity contribution is 5.75. The first-order valence-electron chi connectivity index (χ1n) is 6.16. The molecule has 1 unspecified atom stereocenters. The monoisotopic (exact) mass is 268 g/mol. The second-order valence-corrected chi connectivity index (χ2v) is 4.52. The summed E-state index contributed by atoms with van der Waals surface area (Å²) >= 11 is 0. The first-order valence-corrected chi connectivity index (χ1v) is 6.16. The van der Waals surface area contributed by atoms with Crippen LogP contribution in [0.2, 0.25) is 0 Å². The zero-order chi connectivity index (χ0) is 14.4. The number of H-pyrrole nitrogens is 1. The van der Waals surface area contributed by atoms with Crippen LogP contribution in [0.1, 0.15) is 19.4 Å². The number of hydrogen-bond donors (Lipinski definition) is 2. The van der Waals surface area contributed by atoms with E-state index >= 15 is 0 Å². The summed E-state index contributed by atoms with van der Waals surface area (Å²) in [6.45, 7) is 4.55. The molecular formula is C12H20N4O3. The van der Waals surface area contributed by atoms with Crippen molar-refractivity contribution in [2.24, 2.45) is 5.92 Å². The Balaban J connectivity index is 2.59. The lowest BCUT2D eigenvalue weighted by atomic mass is 10.2. The van der Waals surface area contributed by atoms with E-state index in [1.807, 2.05) is 6.92 Å². The Morgan fingerprint density at radius 1 is 1.53 bits per heavy atom. The van der Waals surface area contributed by atoms with Gasteiger partial charge in [-0.05, 0) is 6.92 Å². The van der Waals surface area contributed by atoms with Crippen LogP contribution in [0, 0.1) is 5.92 Å². The summed E-state index contributed by atoms with van der Waals surface area (Å²) < 4.78 is 0. The van der Waals surface area contributed by atoms with Crippen molar-refractivity contribution in [1.29, 1.82) is 0 Å². The minimum atomic E-state index is -0.899. The lowest BCUT2D eigenvalue weighted by Gasteiger charge is -2.28. The van der Waals surface area contributed by atoms with Crippen molar-refractivity contribution < 1.29 is 14.7 Å². The molecule has 1 heterocycles. The van der Waals surface area contributed by atoms with Crippen molar-refractivity contribution >= 4 is 12.0 Å². The summed E-state index contributed by atoms with van der Waals surface area (Å²) in [5, 5.41) is 15.4. The zero-order valence-corrected chi connectivity index (χ0v) is 11.5. The second kappa shape index (κ2) is 6.77. The van der Waals surface area contributed by atoms with E-state index in [1.165, 1.54) is 4.90 Å². The van der Waals surface area contributed by atoms with Crippen molar-refractivity contribution in [2.45, 2.75) is 20.4 Å². The van der Waals surface area contributed by atoms with E-state index in [1.54, 1.807) is 31.3 Å². The van der Waals surface area contributed by atoms with Gasteiger partial charge < -0.3 is 14.9 Å². The number of urea groups is 1. The summed E-state index contributed by atoms with van der Waals surface area (Å²) in [7, 11) is 1.68. The maximum atomic E-state index is 12.2. The number of nitrogens with one attached hydrogen (secondary N) is 1. The van der Waals surface area contributed by atoms with E-state index < -0.39 is 11.9 Å². The topological polar surface area (TPSA) is 89.5 Å². The van der Waals surface area contributed by atoms with Gasteiger partial charge in [-0.15, -0.1) is 0 Å². The van der Waals surface area contributed by atoms with Crippen molar-refractivity contribution in [2.75, 3.05) is 20.1 Å². The van der Waals surface area contributed by atoms with E-state index in [2.05, 4.69) is 10.2 Å². The third-order valence-electron chi connectivity index (χ3n) is 2.87. The average Bonchev–Trinajstić information content (AvgIpc) is 2.87. The van der Waals surface area contributed by atoms with Gasteiger partial charge in [0.2, 0.25) is 0 Å². The van der Waals surface area contributed by atoms with Gasteiger partial charge in [0, 0.05) is 31.9 Å². The van der Waals surface area contributed by atoms with Crippen molar-refractivity contribution in [3.05, 3.63) is 18.0 Å². The minimum absolute atomic E-state index is 0.184. The van der Waals surface area contributed by atoms with Gasteiger partial charge in [0.1, 0.15) is 0 Å². The number of hydrogen-bond acceptors (Lipinski definition) is 3.